The minimum Gasteiger partial charge on any atom is -0.349 e. The molecule has 1 aromatic heterocycles. The number of nitrogen functional groups attached to an aromatic ring is 1. The summed E-state index contributed by atoms with van der Waals surface area (Å²) in [5.74, 6) is 6.51. The molecule has 0 bridgehead atoms. The summed E-state index contributed by atoms with van der Waals surface area (Å²) >= 11 is 12.3. The van der Waals surface area contributed by atoms with Gasteiger partial charge in [-0.15, -0.1) is 0 Å². The van der Waals surface area contributed by atoms with Crippen molar-refractivity contribution < 1.29 is 0 Å². The summed E-state index contributed by atoms with van der Waals surface area (Å²) in [6.07, 6.45) is 0. The molecule has 0 saturated carbocycles. The topological polar surface area (TPSA) is 54.2 Å². The van der Waals surface area contributed by atoms with Gasteiger partial charge >= 0.3 is 0 Å². The van der Waals surface area contributed by atoms with Gasteiger partial charge in [-0.2, -0.15) is 0 Å². The predicted octanol–water partition coefficient (Wildman–Crippen LogP) is 4.09. The van der Waals surface area contributed by atoms with Gasteiger partial charge < -0.3 is 10.3 Å². The van der Waals surface area contributed by atoms with Gasteiger partial charge in [0.15, 0.2) is 11.6 Å². The number of hydrogen-bond donors (Lipinski definition) is 2. The fourth-order valence-electron chi connectivity index (χ4n) is 2.04. The third-order valence-electron chi connectivity index (χ3n) is 3.14. The minimum atomic E-state index is 0.224. The van der Waals surface area contributed by atoms with Gasteiger partial charge in [0.05, 0.1) is 10.0 Å². The number of hydrazine groups is 1. The van der Waals surface area contributed by atoms with Gasteiger partial charge in [-0.3, -0.25) is 0 Å². The van der Waals surface area contributed by atoms with E-state index in [1.54, 1.807) is 6.07 Å². The molecule has 0 aliphatic carbocycles. The van der Waals surface area contributed by atoms with E-state index in [4.69, 9.17) is 29.0 Å². The zero-order chi connectivity index (χ0) is 15.4. The van der Waals surface area contributed by atoms with Crippen molar-refractivity contribution in [2.24, 2.45) is 5.84 Å². The van der Waals surface area contributed by atoms with Gasteiger partial charge in [-0.05, 0) is 25.5 Å². The number of hydrogen-bond acceptors (Lipinski definition) is 4. The average molecular weight is 325 g/mol. The normalized spacial score (nSPS) is 10.8. The van der Waals surface area contributed by atoms with Crippen LogP contribution in [0.3, 0.4) is 0 Å². The summed E-state index contributed by atoms with van der Waals surface area (Å²) < 4.78 is 0. The van der Waals surface area contributed by atoms with Crippen molar-refractivity contribution in [1.29, 1.82) is 0 Å². The van der Waals surface area contributed by atoms with E-state index in [-0.39, 0.29) is 6.04 Å². The summed E-state index contributed by atoms with van der Waals surface area (Å²) in [7, 11) is 0. The average Bonchev–Trinajstić information content (AvgIpc) is 2.46. The molecule has 0 radical (unpaired) electrons. The van der Waals surface area contributed by atoms with E-state index in [0.29, 0.717) is 28.2 Å². The molecule has 21 heavy (non-hydrogen) atoms. The van der Waals surface area contributed by atoms with Crippen molar-refractivity contribution in [1.82, 2.24) is 4.98 Å². The van der Waals surface area contributed by atoms with Crippen LogP contribution >= 0.6 is 23.2 Å². The first-order valence-electron chi connectivity index (χ1n) is 6.66. The van der Waals surface area contributed by atoms with Gasteiger partial charge in [0.25, 0.3) is 0 Å². The second kappa shape index (κ2) is 6.98. The molecule has 4 nitrogen and oxygen atoms in total. The van der Waals surface area contributed by atoms with Crippen LogP contribution in [0.5, 0.6) is 0 Å². The van der Waals surface area contributed by atoms with Gasteiger partial charge in [0.2, 0.25) is 0 Å². The third-order valence-corrected chi connectivity index (χ3v) is 3.71. The number of rotatable bonds is 5. The monoisotopic (exact) mass is 324 g/mol. The van der Waals surface area contributed by atoms with Gasteiger partial charge in [0, 0.05) is 12.6 Å². The zero-order valence-corrected chi connectivity index (χ0v) is 13.5. The van der Waals surface area contributed by atoms with Crippen LogP contribution in [-0.4, -0.2) is 11.0 Å². The van der Waals surface area contributed by atoms with E-state index in [1.165, 1.54) is 5.56 Å². The molecule has 2 aromatic rings. The Labute approximate surface area is 134 Å². The number of pyridine rings is 1. The van der Waals surface area contributed by atoms with Crippen LogP contribution in [0.1, 0.15) is 19.4 Å². The molecule has 112 valence electrons. The molecule has 0 amide bonds. The smallest absolute Gasteiger partial charge is 0.161 e. The highest BCUT2D eigenvalue weighted by atomic mass is 35.5. The Morgan fingerprint density at radius 3 is 2.43 bits per heavy atom. The molecule has 0 aliphatic rings. The highest BCUT2D eigenvalue weighted by Crippen LogP contribution is 2.32. The van der Waals surface area contributed by atoms with Crippen LogP contribution in [0.4, 0.5) is 11.6 Å². The summed E-state index contributed by atoms with van der Waals surface area (Å²) in [6, 6.07) is 12.0. The molecule has 0 fully saturated rings. The fraction of sp³-hybridized carbons (Fsp3) is 0.267. The quantitative estimate of drug-likeness (QED) is 0.642. The maximum atomic E-state index is 6.31. The molecule has 0 saturated heterocycles. The zero-order valence-electron chi connectivity index (χ0n) is 12.0. The Bertz CT molecular complexity index is 602. The van der Waals surface area contributed by atoms with E-state index in [1.807, 2.05) is 18.2 Å². The number of benzene rings is 1. The fourth-order valence-corrected chi connectivity index (χ4v) is 2.56. The molecule has 1 aromatic carbocycles. The summed E-state index contributed by atoms with van der Waals surface area (Å²) in [6.45, 7) is 4.88. The standard InChI is InChI=1S/C15H18Cl2N4/c1-10(2)21(9-11-6-4-3-5-7-11)15-13(17)8-12(16)14(19-15)20-18/h3-8,10H,9,18H2,1-2H3,(H,19,20). The number of nitrogens with zero attached hydrogens (tertiary/aromatic N) is 2. The largest absolute Gasteiger partial charge is 0.349 e. The predicted molar refractivity (Wildman–Crippen MR) is 89.8 cm³/mol. The van der Waals surface area contributed by atoms with E-state index < -0.39 is 0 Å². The second-order valence-electron chi connectivity index (χ2n) is 4.98. The lowest BCUT2D eigenvalue weighted by atomic mass is 10.2. The molecule has 6 heteroatoms. The van der Waals surface area contributed by atoms with Crippen LogP contribution in [0.15, 0.2) is 36.4 Å². The third kappa shape index (κ3) is 3.79. The van der Waals surface area contributed by atoms with E-state index in [0.717, 1.165) is 0 Å². The second-order valence-corrected chi connectivity index (χ2v) is 5.79. The molecule has 2 rings (SSSR count). The Hall–Kier alpha value is -1.49. The van der Waals surface area contributed by atoms with E-state index >= 15 is 0 Å². The molecule has 0 aliphatic heterocycles. The molecular formula is C15H18Cl2N4. The minimum absolute atomic E-state index is 0.224. The van der Waals surface area contributed by atoms with Crippen LogP contribution in [0, 0.1) is 0 Å². The number of anilines is 2. The van der Waals surface area contributed by atoms with Crippen molar-refractivity contribution in [3.8, 4) is 0 Å². The molecule has 0 atom stereocenters. The van der Waals surface area contributed by atoms with Crippen LogP contribution in [-0.2, 0) is 6.54 Å². The molecule has 0 unspecified atom stereocenters. The maximum absolute atomic E-state index is 6.31. The molecular weight excluding hydrogens is 307 g/mol. The van der Waals surface area contributed by atoms with Crippen LogP contribution < -0.4 is 16.2 Å². The Balaban J connectivity index is 2.39. The van der Waals surface area contributed by atoms with Crippen molar-refractivity contribution in [3.05, 3.63) is 52.0 Å². The van der Waals surface area contributed by atoms with Gasteiger partial charge in [0.1, 0.15) is 0 Å². The van der Waals surface area contributed by atoms with Crippen LogP contribution in [0.2, 0.25) is 10.0 Å². The number of nitrogens with two attached hydrogens (primary N) is 1. The molecule has 1 heterocycles. The number of halogens is 2. The molecule has 3 N–H and O–H groups in total. The lowest BCUT2D eigenvalue weighted by molar-refractivity contribution is 0.673. The van der Waals surface area contributed by atoms with E-state index in [2.05, 4.69) is 41.3 Å². The van der Waals surface area contributed by atoms with Crippen molar-refractivity contribution in [3.63, 3.8) is 0 Å². The summed E-state index contributed by atoms with van der Waals surface area (Å²) in [5, 5.41) is 0.901. The Morgan fingerprint density at radius 1 is 1.19 bits per heavy atom. The van der Waals surface area contributed by atoms with Crippen molar-refractivity contribution >= 4 is 34.8 Å². The SMILES string of the molecule is CC(C)N(Cc1ccccc1)c1nc(NN)c(Cl)cc1Cl. The first-order valence-corrected chi connectivity index (χ1v) is 7.41. The number of nitrogens with one attached hydrogen (secondary N) is 1. The number of aromatic nitrogens is 1. The van der Waals surface area contributed by atoms with Crippen molar-refractivity contribution in [2.75, 3.05) is 10.3 Å². The van der Waals surface area contributed by atoms with Crippen molar-refractivity contribution in [2.45, 2.75) is 26.4 Å². The highest BCUT2D eigenvalue weighted by Gasteiger charge is 2.18. The van der Waals surface area contributed by atoms with E-state index in [9.17, 15) is 0 Å². The maximum Gasteiger partial charge on any atom is 0.161 e. The van der Waals surface area contributed by atoms with Gasteiger partial charge in [-0.1, -0.05) is 53.5 Å². The lowest BCUT2D eigenvalue weighted by Gasteiger charge is -2.29. The van der Waals surface area contributed by atoms with Crippen LogP contribution in [0.25, 0.3) is 0 Å². The first kappa shape index (κ1) is 15.9. The lowest BCUT2D eigenvalue weighted by Crippen LogP contribution is -2.31. The molecule has 0 spiro atoms. The highest BCUT2D eigenvalue weighted by molar-refractivity contribution is 6.37. The Kier molecular flexibility index (Phi) is 5.28. The Morgan fingerprint density at radius 2 is 1.86 bits per heavy atom. The summed E-state index contributed by atoms with van der Waals surface area (Å²) in [4.78, 5) is 6.54. The van der Waals surface area contributed by atoms with Gasteiger partial charge in [-0.25, -0.2) is 10.8 Å². The first-order chi connectivity index (χ1) is 10.0. The summed E-state index contributed by atoms with van der Waals surface area (Å²) in [5.41, 5.74) is 3.67.